The fraction of sp³-hybridized carbons (Fsp3) is 0.294. The van der Waals surface area contributed by atoms with E-state index in [9.17, 15) is 4.39 Å². The van der Waals surface area contributed by atoms with Gasteiger partial charge in [-0.05, 0) is 36.5 Å². The average molecular weight is 305 g/mol. The van der Waals surface area contributed by atoms with Gasteiger partial charge in [0.05, 0.1) is 5.02 Å². The van der Waals surface area contributed by atoms with E-state index in [1.807, 2.05) is 24.3 Å². The maximum Gasteiger partial charge on any atom is 0.142 e. The predicted molar refractivity (Wildman–Crippen MR) is 83.6 cm³/mol. The molecule has 1 saturated carbocycles. The smallest absolute Gasteiger partial charge is 0.142 e. The molecule has 2 aromatic carbocycles. The van der Waals surface area contributed by atoms with Crippen LogP contribution < -0.4 is 11.3 Å². The quantitative estimate of drug-likeness (QED) is 0.654. The highest BCUT2D eigenvalue weighted by Crippen LogP contribution is 2.51. The number of nitrogens with one attached hydrogen (secondary N) is 1. The van der Waals surface area contributed by atoms with Crippen molar-refractivity contribution >= 4 is 11.6 Å². The van der Waals surface area contributed by atoms with Crippen molar-refractivity contribution in [3.8, 4) is 0 Å². The third-order valence-corrected chi connectivity index (χ3v) is 4.88. The first-order valence-electron chi connectivity index (χ1n) is 7.12. The van der Waals surface area contributed by atoms with Crippen LogP contribution in [0.3, 0.4) is 0 Å². The molecular weight excluding hydrogens is 287 g/mol. The average Bonchev–Trinajstić information content (AvgIpc) is 3.31. The number of nitrogens with two attached hydrogens (primary N) is 1. The largest absolute Gasteiger partial charge is 0.271 e. The van der Waals surface area contributed by atoms with Gasteiger partial charge in [0.25, 0.3) is 0 Å². The molecule has 0 bridgehead atoms. The van der Waals surface area contributed by atoms with E-state index in [1.54, 1.807) is 6.07 Å². The van der Waals surface area contributed by atoms with Crippen LogP contribution in [0.4, 0.5) is 4.39 Å². The second kappa shape index (κ2) is 5.76. The van der Waals surface area contributed by atoms with Crippen LogP contribution in [0.25, 0.3) is 0 Å². The van der Waals surface area contributed by atoms with Crippen molar-refractivity contribution in [1.29, 1.82) is 0 Å². The van der Waals surface area contributed by atoms with Gasteiger partial charge in [-0.2, -0.15) is 0 Å². The summed E-state index contributed by atoms with van der Waals surface area (Å²) in [4.78, 5) is 0. The number of hydrazine groups is 1. The summed E-state index contributed by atoms with van der Waals surface area (Å²) in [7, 11) is 0. The molecule has 2 aromatic rings. The lowest BCUT2D eigenvalue weighted by atomic mass is 9.85. The molecule has 1 aliphatic rings. The van der Waals surface area contributed by atoms with Crippen LogP contribution >= 0.6 is 11.6 Å². The fourth-order valence-electron chi connectivity index (χ4n) is 3.08. The molecule has 110 valence electrons. The van der Waals surface area contributed by atoms with E-state index in [2.05, 4.69) is 17.6 Å². The first kappa shape index (κ1) is 14.5. The molecule has 1 fully saturated rings. The first-order valence-corrected chi connectivity index (χ1v) is 7.50. The molecule has 0 spiro atoms. The van der Waals surface area contributed by atoms with E-state index in [0.717, 1.165) is 18.4 Å². The van der Waals surface area contributed by atoms with Gasteiger partial charge in [0, 0.05) is 11.5 Å². The zero-order valence-electron chi connectivity index (χ0n) is 11.7. The van der Waals surface area contributed by atoms with Gasteiger partial charge >= 0.3 is 0 Å². The molecule has 0 radical (unpaired) electrons. The van der Waals surface area contributed by atoms with Gasteiger partial charge in [-0.15, -0.1) is 0 Å². The lowest BCUT2D eigenvalue weighted by Crippen LogP contribution is -2.45. The number of rotatable bonds is 5. The molecule has 3 N–H and O–H groups in total. The van der Waals surface area contributed by atoms with Crippen LogP contribution in [-0.4, -0.2) is 6.04 Å². The van der Waals surface area contributed by atoms with Gasteiger partial charge < -0.3 is 0 Å². The fourth-order valence-corrected chi connectivity index (χ4v) is 3.29. The Hall–Kier alpha value is -1.42. The van der Waals surface area contributed by atoms with Crippen molar-refractivity contribution in [2.24, 2.45) is 5.84 Å². The summed E-state index contributed by atoms with van der Waals surface area (Å²) in [6.07, 6.45) is 2.78. The molecule has 21 heavy (non-hydrogen) atoms. The zero-order valence-corrected chi connectivity index (χ0v) is 12.4. The predicted octanol–water partition coefficient (Wildman–Crippen LogP) is 3.59. The molecule has 4 heteroatoms. The number of hydrogen-bond acceptors (Lipinski definition) is 2. The molecule has 0 amide bonds. The molecule has 3 rings (SSSR count). The highest BCUT2D eigenvalue weighted by molar-refractivity contribution is 6.31. The van der Waals surface area contributed by atoms with Crippen LogP contribution in [0, 0.1) is 5.82 Å². The number of hydrogen-bond donors (Lipinski definition) is 2. The van der Waals surface area contributed by atoms with Crippen LogP contribution in [0.15, 0.2) is 48.5 Å². The normalized spacial score (nSPS) is 17.5. The standard InChI is InChI=1S/C17H18ClFN2/c18-16-12(5-4-8-14(16)19)11-15(21-20)17(9-10-17)13-6-2-1-3-7-13/h1-8,15,21H,9-11,20H2. The summed E-state index contributed by atoms with van der Waals surface area (Å²) < 4.78 is 13.6. The Bertz CT molecular complexity index is 626. The van der Waals surface area contributed by atoms with Gasteiger partial charge in [-0.1, -0.05) is 54.1 Å². The SMILES string of the molecule is NNC(Cc1cccc(F)c1Cl)C1(c2ccccc2)CC1. The Morgan fingerprint density at radius 3 is 2.48 bits per heavy atom. The Kier molecular flexibility index (Phi) is 3.98. The monoisotopic (exact) mass is 304 g/mol. The van der Waals surface area contributed by atoms with Crippen molar-refractivity contribution in [1.82, 2.24) is 5.43 Å². The Balaban J connectivity index is 1.88. The summed E-state index contributed by atoms with van der Waals surface area (Å²) in [6.45, 7) is 0. The summed E-state index contributed by atoms with van der Waals surface area (Å²) >= 11 is 6.07. The second-order valence-corrected chi connectivity index (χ2v) is 6.04. The molecule has 2 nitrogen and oxygen atoms in total. The minimum atomic E-state index is -0.380. The van der Waals surface area contributed by atoms with E-state index in [-0.39, 0.29) is 22.3 Å². The van der Waals surface area contributed by atoms with Crippen molar-refractivity contribution in [2.75, 3.05) is 0 Å². The van der Waals surface area contributed by atoms with Crippen LogP contribution in [0.2, 0.25) is 5.02 Å². The van der Waals surface area contributed by atoms with Gasteiger partial charge in [-0.25, -0.2) is 4.39 Å². The maximum absolute atomic E-state index is 13.6. The minimum Gasteiger partial charge on any atom is -0.271 e. The number of halogens is 2. The third kappa shape index (κ3) is 2.69. The molecule has 0 heterocycles. The molecule has 1 aliphatic carbocycles. The molecule has 0 aliphatic heterocycles. The summed E-state index contributed by atoms with van der Waals surface area (Å²) in [5, 5.41) is 0.196. The van der Waals surface area contributed by atoms with E-state index in [1.165, 1.54) is 11.6 Å². The molecule has 1 atom stereocenters. The lowest BCUT2D eigenvalue weighted by Gasteiger charge is -2.27. The summed E-state index contributed by atoms with van der Waals surface area (Å²) in [5.41, 5.74) is 5.02. The van der Waals surface area contributed by atoms with Crippen LogP contribution in [0.1, 0.15) is 24.0 Å². The van der Waals surface area contributed by atoms with Gasteiger partial charge in [-0.3, -0.25) is 11.3 Å². The minimum absolute atomic E-state index is 0.0334. The highest BCUT2D eigenvalue weighted by atomic mass is 35.5. The Morgan fingerprint density at radius 1 is 1.14 bits per heavy atom. The van der Waals surface area contributed by atoms with Gasteiger partial charge in [0.15, 0.2) is 0 Å². The van der Waals surface area contributed by atoms with Crippen molar-refractivity contribution in [3.05, 3.63) is 70.5 Å². The Labute approximate surface area is 129 Å². The molecule has 1 unspecified atom stereocenters. The van der Waals surface area contributed by atoms with Crippen LogP contribution in [-0.2, 0) is 11.8 Å². The second-order valence-electron chi connectivity index (χ2n) is 5.66. The third-order valence-electron chi connectivity index (χ3n) is 4.46. The molecular formula is C17H18ClFN2. The van der Waals surface area contributed by atoms with E-state index in [0.29, 0.717) is 6.42 Å². The van der Waals surface area contributed by atoms with E-state index in [4.69, 9.17) is 17.4 Å². The van der Waals surface area contributed by atoms with Gasteiger partial charge in [0.1, 0.15) is 5.82 Å². The molecule has 0 aromatic heterocycles. The summed E-state index contributed by atoms with van der Waals surface area (Å²) in [6, 6.07) is 15.3. The maximum atomic E-state index is 13.6. The van der Waals surface area contributed by atoms with E-state index < -0.39 is 0 Å². The van der Waals surface area contributed by atoms with Crippen molar-refractivity contribution in [3.63, 3.8) is 0 Å². The Morgan fingerprint density at radius 2 is 1.86 bits per heavy atom. The zero-order chi connectivity index (χ0) is 14.9. The van der Waals surface area contributed by atoms with E-state index >= 15 is 0 Å². The number of benzene rings is 2. The topological polar surface area (TPSA) is 38.0 Å². The van der Waals surface area contributed by atoms with Crippen molar-refractivity contribution in [2.45, 2.75) is 30.7 Å². The lowest BCUT2D eigenvalue weighted by molar-refractivity contribution is 0.420. The van der Waals surface area contributed by atoms with Crippen LogP contribution in [0.5, 0.6) is 0 Å². The first-order chi connectivity index (χ1) is 10.2. The highest BCUT2D eigenvalue weighted by Gasteiger charge is 2.50. The van der Waals surface area contributed by atoms with Crippen molar-refractivity contribution < 1.29 is 4.39 Å². The molecule has 0 saturated heterocycles. The van der Waals surface area contributed by atoms with Gasteiger partial charge in [0.2, 0.25) is 0 Å². The summed E-state index contributed by atoms with van der Waals surface area (Å²) in [5.74, 6) is 5.41.